The lowest BCUT2D eigenvalue weighted by atomic mass is 9.90. The monoisotopic (exact) mass is 401 g/mol. The summed E-state index contributed by atoms with van der Waals surface area (Å²) in [5, 5.41) is 4.91. The third-order valence-electron chi connectivity index (χ3n) is 5.17. The number of hydrogen-bond donors (Lipinski definition) is 1. The SMILES string of the molecule is CON1CCC(c2cnc(NC(=O)c3ccc4nccn4c3)c(C)c2)CC1.Cl. The standard InChI is InChI=1S/C20H23N5O2.ClH/c1-14-11-17(15-5-8-25(27-2)9-6-15)12-22-19(14)23-20(26)16-3-4-18-21-7-10-24(18)13-16;/h3-4,7,10-13,15H,5-6,8-9H2,1-2H3,(H,22,23,26);1H. The van der Waals surface area contributed by atoms with Crippen LogP contribution in [0.15, 0.2) is 43.0 Å². The average Bonchev–Trinajstić information content (AvgIpc) is 3.17. The topological polar surface area (TPSA) is 71.8 Å². The van der Waals surface area contributed by atoms with Crippen LogP contribution in [0.3, 0.4) is 0 Å². The van der Waals surface area contributed by atoms with Crippen LogP contribution in [0, 0.1) is 6.92 Å². The van der Waals surface area contributed by atoms with Gasteiger partial charge in [-0.15, -0.1) is 12.4 Å². The molecule has 4 heterocycles. The van der Waals surface area contributed by atoms with E-state index >= 15 is 0 Å². The fourth-order valence-corrected chi connectivity index (χ4v) is 3.56. The maximum atomic E-state index is 12.6. The summed E-state index contributed by atoms with van der Waals surface area (Å²) in [7, 11) is 1.72. The van der Waals surface area contributed by atoms with Crippen LogP contribution in [0.5, 0.6) is 0 Å². The Morgan fingerprint density at radius 1 is 1.25 bits per heavy atom. The molecule has 0 saturated carbocycles. The van der Waals surface area contributed by atoms with Crippen LogP contribution in [0.4, 0.5) is 5.82 Å². The first-order valence-corrected chi connectivity index (χ1v) is 9.13. The normalized spacial score (nSPS) is 15.4. The van der Waals surface area contributed by atoms with Gasteiger partial charge in [0.25, 0.3) is 5.91 Å². The Labute approximate surface area is 170 Å². The van der Waals surface area contributed by atoms with Gasteiger partial charge in [-0.1, -0.05) is 6.07 Å². The third-order valence-corrected chi connectivity index (χ3v) is 5.17. The molecule has 0 unspecified atom stereocenters. The van der Waals surface area contributed by atoms with Gasteiger partial charge < -0.3 is 14.6 Å². The van der Waals surface area contributed by atoms with Crippen molar-refractivity contribution in [3.8, 4) is 0 Å². The molecule has 1 fully saturated rings. The number of hydrogen-bond acceptors (Lipinski definition) is 5. The molecule has 1 amide bonds. The lowest BCUT2D eigenvalue weighted by molar-refractivity contribution is -0.143. The highest BCUT2D eigenvalue weighted by atomic mass is 35.5. The summed E-state index contributed by atoms with van der Waals surface area (Å²) >= 11 is 0. The van der Waals surface area contributed by atoms with Gasteiger partial charge in [0, 0.05) is 37.9 Å². The number of fused-ring (bicyclic) bond motifs is 1. The summed E-state index contributed by atoms with van der Waals surface area (Å²) < 4.78 is 1.82. The molecule has 1 aliphatic heterocycles. The predicted molar refractivity (Wildman–Crippen MR) is 110 cm³/mol. The number of aromatic nitrogens is 3. The fourth-order valence-electron chi connectivity index (χ4n) is 3.56. The first-order chi connectivity index (χ1) is 13.1. The second-order valence-corrected chi connectivity index (χ2v) is 6.88. The van der Waals surface area contributed by atoms with E-state index in [2.05, 4.69) is 21.4 Å². The first kappa shape index (κ1) is 20.3. The van der Waals surface area contributed by atoms with E-state index in [4.69, 9.17) is 4.84 Å². The van der Waals surface area contributed by atoms with Crippen LogP contribution < -0.4 is 5.32 Å². The molecular weight excluding hydrogens is 378 g/mol. The molecule has 28 heavy (non-hydrogen) atoms. The van der Waals surface area contributed by atoms with Gasteiger partial charge in [0.05, 0.1) is 12.7 Å². The van der Waals surface area contributed by atoms with E-state index < -0.39 is 0 Å². The van der Waals surface area contributed by atoms with E-state index in [1.165, 1.54) is 5.56 Å². The minimum Gasteiger partial charge on any atom is -0.306 e. The zero-order valence-corrected chi connectivity index (χ0v) is 16.8. The minimum absolute atomic E-state index is 0. The quantitative estimate of drug-likeness (QED) is 0.724. The number of nitrogens with zero attached hydrogens (tertiary/aromatic N) is 4. The molecular formula is C20H24ClN5O2. The molecule has 3 aromatic rings. The Kier molecular flexibility index (Phi) is 6.28. The highest BCUT2D eigenvalue weighted by molar-refractivity contribution is 6.04. The Bertz CT molecular complexity index is 966. The van der Waals surface area contributed by atoms with Gasteiger partial charge in [0.15, 0.2) is 0 Å². The molecule has 8 heteroatoms. The van der Waals surface area contributed by atoms with Gasteiger partial charge in [0.2, 0.25) is 0 Å². The number of nitrogens with one attached hydrogen (secondary N) is 1. The smallest absolute Gasteiger partial charge is 0.258 e. The maximum Gasteiger partial charge on any atom is 0.258 e. The largest absolute Gasteiger partial charge is 0.306 e. The van der Waals surface area contributed by atoms with Gasteiger partial charge in [-0.2, -0.15) is 5.06 Å². The van der Waals surface area contributed by atoms with E-state index in [1.807, 2.05) is 34.8 Å². The summed E-state index contributed by atoms with van der Waals surface area (Å²) in [4.78, 5) is 26.6. The summed E-state index contributed by atoms with van der Waals surface area (Å²) in [5.74, 6) is 0.905. The van der Waals surface area contributed by atoms with E-state index in [9.17, 15) is 4.79 Å². The van der Waals surface area contributed by atoms with Crippen molar-refractivity contribution in [1.82, 2.24) is 19.4 Å². The van der Waals surface area contributed by atoms with Crippen LogP contribution in [-0.4, -0.2) is 45.5 Å². The Balaban J connectivity index is 0.00000225. The van der Waals surface area contributed by atoms with Crippen molar-refractivity contribution in [2.45, 2.75) is 25.7 Å². The minimum atomic E-state index is -0.178. The van der Waals surface area contributed by atoms with Crippen molar-refractivity contribution in [3.05, 3.63) is 59.7 Å². The van der Waals surface area contributed by atoms with Crippen LogP contribution in [0.25, 0.3) is 5.65 Å². The molecule has 1 N–H and O–H groups in total. The second-order valence-electron chi connectivity index (χ2n) is 6.88. The lowest BCUT2D eigenvalue weighted by Gasteiger charge is -2.30. The number of carbonyl (C=O) groups is 1. The van der Waals surface area contributed by atoms with E-state index in [-0.39, 0.29) is 18.3 Å². The van der Waals surface area contributed by atoms with Gasteiger partial charge in [-0.05, 0) is 48.9 Å². The van der Waals surface area contributed by atoms with Crippen LogP contribution in [0.2, 0.25) is 0 Å². The number of hydroxylamine groups is 2. The molecule has 3 aromatic heterocycles. The molecule has 0 aliphatic carbocycles. The van der Waals surface area contributed by atoms with Crippen molar-refractivity contribution in [3.63, 3.8) is 0 Å². The van der Waals surface area contributed by atoms with E-state index in [0.29, 0.717) is 17.3 Å². The van der Waals surface area contributed by atoms with E-state index in [1.54, 1.807) is 25.6 Å². The summed E-state index contributed by atoms with van der Waals surface area (Å²) in [5.41, 5.74) is 3.57. The Morgan fingerprint density at radius 3 is 2.75 bits per heavy atom. The number of carbonyl (C=O) groups excluding carboxylic acids is 1. The molecule has 4 rings (SSSR count). The number of pyridine rings is 2. The average molecular weight is 402 g/mol. The number of piperidine rings is 1. The molecule has 0 bridgehead atoms. The zero-order chi connectivity index (χ0) is 18.8. The number of anilines is 1. The van der Waals surface area contributed by atoms with Gasteiger partial charge in [-0.25, -0.2) is 9.97 Å². The Hall–Kier alpha value is -2.48. The number of imidazole rings is 1. The van der Waals surface area contributed by atoms with Gasteiger partial charge in [0.1, 0.15) is 11.5 Å². The lowest BCUT2D eigenvalue weighted by Crippen LogP contribution is -2.32. The number of aryl methyl sites for hydroxylation is 1. The molecule has 1 aliphatic rings. The van der Waals surface area contributed by atoms with Crippen molar-refractivity contribution < 1.29 is 9.63 Å². The maximum absolute atomic E-state index is 12.6. The molecule has 0 atom stereocenters. The second kappa shape index (κ2) is 8.68. The van der Waals surface area contributed by atoms with E-state index in [0.717, 1.165) is 37.1 Å². The highest BCUT2D eigenvalue weighted by Gasteiger charge is 2.21. The molecule has 0 spiro atoms. The van der Waals surface area contributed by atoms with Gasteiger partial charge in [-0.3, -0.25) is 4.79 Å². The van der Waals surface area contributed by atoms with Crippen molar-refractivity contribution in [2.24, 2.45) is 0 Å². The highest BCUT2D eigenvalue weighted by Crippen LogP contribution is 2.29. The van der Waals surface area contributed by atoms with Crippen LogP contribution >= 0.6 is 12.4 Å². The summed E-state index contributed by atoms with van der Waals surface area (Å²) in [6.07, 6.45) is 9.27. The number of halogens is 1. The molecule has 1 saturated heterocycles. The van der Waals surface area contributed by atoms with Gasteiger partial charge >= 0.3 is 0 Å². The Morgan fingerprint density at radius 2 is 2.04 bits per heavy atom. The summed E-state index contributed by atoms with van der Waals surface area (Å²) in [6, 6.07) is 5.73. The van der Waals surface area contributed by atoms with Crippen molar-refractivity contribution in [2.75, 3.05) is 25.5 Å². The van der Waals surface area contributed by atoms with Crippen LogP contribution in [-0.2, 0) is 4.84 Å². The number of rotatable bonds is 4. The first-order valence-electron chi connectivity index (χ1n) is 9.13. The third kappa shape index (κ3) is 4.16. The zero-order valence-electron chi connectivity index (χ0n) is 16.0. The molecule has 7 nitrogen and oxygen atoms in total. The number of amides is 1. The van der Waals surface area contributed by atoms with Crippen molar-refractivity contribution in [1.29, 1.82) is 0 Å². The predicted octanol–water partition coefficient (Wildman–Crippen LogP) is 3.45. The molecule has 148 valence electrons. The van der Waals surface area contributed by atoms with Crippen molar-refractivity contribution >= 4 is 29.8 Å². The summed E-state index contributed by atoms with van der Waals surface area (Å²) in [6.45, 7) is 3.83. The molecule has 0 radical (unpaired) electrons. The van der Waals surface area contributed by atoms with Crippen LogP contribution in [0.1, 0.15) is 40.2 Å². The fraction of sp³-hybridized carbons (Fsp3) is 0.350. The molecule has 0 aromatic carbocycles.